The molecule has 27 heavy (non-hydrogen) atoms. The summed E-state index contributed by atoms with van der Waals surface area (Å²) >= 11 is 0. The largest absolute Gasteiger partial charge is 0.278 e. The summed E-state index contributed by atoms with van der Waals surface area (Å²) in [7, 11) is -8.54. The molecule has 1 heterocycles. The van der Waals surface area contributed by atoms with E-state index in [1.807, 2.05) is 19.9 Å². The Morgan fingerprint density at radius 2 is 1.41 bits per heavy atom. The van der Waals surface area contributed by atoms with Crippen LogP contribution in [0.5, 0.6) is 0 Å². The van der Waals surface area contributed by atoms with E-state index in [9.17, 15) is 16.8 Å². The Morgan fingerprint density at radius 1 is 0.852 bits per heavy atom. The second kappa shape index (κ2) is 5.56. The average Bonchev–Trinajstić information content (AvgIpc) is 2.83. The van der Waals surface area contributed by atoms with Crippen molar-refractivity contribution in [1.82, 2.24) is 0 Å². The zero-order valence-electron chi connectivity index (χ0n) is 15.4. The van der Waals surface area contributed by atoms with Gasteiger partial charge in [0.15, 0.2) is 0 Å². The van der Waals surface area contributed by atoms with E-state index in [0.717, 1.165) is 11.1 Å². The van der Waals surface area contributed by atoms with Crippen molar-refractivity contribution in [1.29, 1.82) is 0 Å². The molecule has 0 N–H and O–H groups in total. The van der Waals surface area contributed by atoms with Crippen LogP contribution in [0, 0.1) is 27.7 Å². The van der Waals surface area contributed by atoms with Crippen LogP contribution in [0.3, 0.4) is 0 Å². The molecule has 0 amide bonds. The van der Waals surface area contributed by atoms with Gasteiger partial charge in [0.25, 0.3) is 20.0 Å². The van der Waals surface area contributed by atoms with Gasteiger partial charge in [-0.3, -0.25) is 0 Å². The van der Waals surface area contributed by atoms with E-state index in [2.05, 4.69) is 0 Å². The Bertz CT molecular complexity index is 1310. The van der Waals surface area contributed by atoms with Crippen molar-refractivity contribution in [3.63, 3.8) is 0 Å². The van der Waals surface area contributed by atoms with Gasteiger partial charge in [-0.15, -0.1) is 0 Å². The highest BCUT2D eigenvalue weighted by Gasteiger charge is 2.45. The Balaban J connectivity index is 2.11. The fourth-order valence-corrected chi connectivity index (χ4v) is 8.27. The molecule has 0 saturated heterocycles. The minimum Gasteiger partial charge on any atom is -0.200 e. The van der Waals surface area contributed by atoms with Crippen LogP contribution in [-0.2, 0) is 20.0 Å². The lowest BCUT2D eigenvalue weighted by molar-refractivity contribution is 0.585. The Kier molecular flexibility index (Phi) is 3.71. The number of hydrogen-bond donors (Lipinski definition) is 0. The summed E-state index contributed by atoms with van der Waals surface area (Å²) in [6.07, 6.45) is 0. The molecular formula is C20H19NO4S2. The summed E-state index contributed by atoms with van der Waals surface area (Å²) in [5.74, 6) is 0. The van der Waals surface area contributed by atoms with Crippen LogP contribution in [0.4, 0.5) is 5.69 Å². The third-order valence-corrected chi connectivity index (χ3v) is 9.78. The Morgan fingerprint density at radius 3 is 2.00 bits per heavy atom. The lowest BCUT2D eigenvalue weighted by Crippen LogP contribution is -2.35. The van der Waals surface area contributed by atoms with Crippen molar-refractivity contribution < 1.29 is 16.8 Å². The summed E-state index contributed by atoms with van der Waals surface area (Å²) in [5.41, 5.74) is 2.93. The quantitative estimate of drug-likeness (QED) is 0.651. The minimum absolute atomic E-state index is 0.0267. The normalized spacial score (nSPS) is 15.5. The first-order valence-corrected chi connectivity index (χ1v) is 11.4. The first kappa shape index (κ1) is 18.0. The summed E-state index contributed by atoms with van der Waals surface area (Å²) < 4.78 is 54.4. The molecule has 7 heteroatoms. The van der Waals surface area contributed by atoms with Crippen LogP contribution in [0.2, 0.25) is 0 Å². The highest BCUT2D eigenvalue weighted by molar-refractivity contribution is 8.10. The molecule has 0 atom stereocenters. The SMILES string of the molecule is Cc1cc(C)c(C)c(S(=O)(=O)N2c3cccc4cccc(c34)S2(=O)=O)c1C. The smallest absolute Gasteiger partial charge is 0.200 e. The molecule has 1 aliphatic rings. The summed E-state index contributed by atoms with van der Waals surface area (Å²) in [6, 6.07) is 11.8. The second-order valence-corrected chi connectivity index (χ2v) is 10.6. The third kappa shape index (κ3) is 2.28. The van der Waals surface area contributed by atoms with E-state index < -0.39 is 20.0 Å². The van der Waals surface area contributed by atoms with E-state index in [-0.39, 0.29) is 15.5 Å². The van der Waals surface area contributed by atoms with E-state index in [0.29, 0.717) is 25.6 Å². The summed E-state index contributed by atoms with van der Waals surface area (Å²) in [4.78, 5) is 0.0900. The highest BCUT2D eigenvalue weighted by Crippen LogP contribution is 2.45. The van der Waals surface area contributed by atoms with Gasteiger partial charge < -0.3 is 0 Å². The van der Waals surface area contributed by atoms with Crippen molar-refractivity contribution in [2.45, 2.75) is 37.5 Å². The summed E-state index contributed by atoms with van der Waals surface area (Å²) in [5, 5.41) is 1.14. The average molecular weight is 402 g/mol. The summed E-state index contributed by atoms with van der Waals surface area (Å²) in [6.45, 7) is 7.08. The molecule has 0 spiro atoms. The molecule has 0 unspecified atom stereocenters. The van der Waals surface area contributed by atoms with Crippen LogP contribution in [0.1, 0.15) is 22.3 Å². The molecule has 4 rings (SSSR count). The Labute approximate surface area is 159 Å². The molecule has 3 aromatic carbocycles. The van der Waals surface area contributed by atoms with Crippen molar-refractivity contribution in [3.8, 4) is 0 Å². The van der Waals surface area contributed by atoms with Crippen LogP contribution in [0.25, 0.3) is 10.8 Å². The fraction of sp³-hybridized carbons (Fsp3) is 0.200. The van der Waals surface area contributed by atoms with Crippen molar-refractivity contribution in [2.75, 3.05) is 3.71 Å². The predicted molar refractivity (Wildman–Crippen MR) is 106 cm³/mol. The number of benzene rings is 3. The van der Waals surface area contributed by atoms with Crippen molar-refractivity contribution in [3.05, 3.63) is 64.7 Å². The lowest BCUT2D eigenvalue weighted by atomic mass is 10.0. The predicted octanol–water partition coefficient (Wildman–Crippen LogP) is 3.97. The van der Waals surface area contributed by atoms with E-state index >= 15 is 0 Å². The standard InChI is InChI=1S/C20H19NO4S2/c1-12-11-13(2)15(4)20(14(12)3)27(24,25)21-17-9-5-7-16-8-6-10-18(19(16)17)26(21,22)23/h5-11H,1-4H3. The van der Waals surface area contributed by atoms with Crippen LogP contribution in [0.15, 0.2) is 52.3 Å². The van der Waals surface area contributed by atoms with Gasteiger partial charge >= 0.3 is 0 Å². The monoisotopic (exact) mass is 401 g/mol. The molecule has 140 valence electrons. The van der Waals surface area contributed by atoms with Gasteiger partial charge in [-0.25, -0.2) is 0 Å². The number of aryl methyl sites for hydroxylation is 2. The molecule has 0 radical (unpaired) electrons. The topological polar surface area (TPSA) is 71.5 Å². The van der Waals surface area contributed by atoms with Crippen molar-refractivity contribution >= 4 is 36.5 Å². The number of anilines is 1. The second-order valence-electron chi connectivity index (χ2n) is 6.93. The van der Waals surface area contributed by atoms with Crippen LogP contribution in [-0.4, -0.2) is 16.8 Å². The first-order valence-electron chi connectivity index (χ1n) is 8.48. The van der Waals surface area contributed by atoms with E-state index in [1.54, 1.807) is 44.2 Å². The van der Waals surface area contributed by atoms with Gasteiger partial charge in [0.05, 0.1) is 15.5 Å². The molecule has 0 fully saturated rings. The minimum atomic E-state index is -4.32. The molecule has 3 aromatic rings. The molecule has 5 nitrogen and oxygen atoms in total. The molecule has 0 saturated carbocycles. The molecular weight excluding hydrogens is 382 g/mol. The molecule has 0 bridgehead atoms. The zero-order valence-corrected chi connectivity index (χ0v) is 17.1. The van der Waals surface area contributed by atoms with Crippen molar-refractivity contribution in [2.24, 2.45) is 0 Å². The molecule has 1 aliphatic heterocycles. The zero-order chi connectivity index (χ0) is 19.7. The maximum atomic E-state index is 13.7. The van der Waals surface area contributed by atoms with Gasteiger partial charge in [-0.1, -0.05) is 30.3 Å². The van der Waals surface area contributed by atoms with E-state index in [1.165, 1.54) is 6.07 Å². The first-order chi connectivity index (χ1) is 12.6. The van der Waals surface area contributed by atoms with Crippen LogP contribution < -0.4 is 3.71 Å². The highest BCUT2D eigenvalue weighted by atomic mass is 32.3. The van der Waals surface area contributed by atoms with Crippen LogP contribution >= 0.6 is 0 Å². The maximum absolute atomic E-state index is 13.7. The number of hydrogen-bond acceptors (Lipinski definition) is 4. The fourth-order valence-electron chi connectivity index (χ4n) is 3.78. The maximum Gasteiger partial charge on any atom is 0.278 e. The molecule has 0 aliphatic carbocycles. The number of rotatable bonds is 2. The van der Waals surface area contributed by atoms with Gasteiger partial charge in [0.2, 0.25) is 0 Å². The number of sulfonamides is 2. The third-order valence-electron chi connectivity index (χ3n) is 5.31. The Hall–Kier alpha value is -2.38. The van der Waals surface area contributed by atoms with Gasteiger partial charge in [-0.2, -0.15) is 20.5 Å². The molecule has 0 aromatic heterocycles. The van der Waals surface area contributed by atoms with Gasteiger partial charge in [-0.05, 0) is 67.5 Å². The number of nitrogens with zero attached hydrogens (tertiary/aromatic N) is 1. The van der Waals surface area contributed by atoms with Gasteiger partial charge in [0.1, 0.15) is 0 Å². The lowest BCUT2D eigenvalue weighted by Gasteiger charge is -2.23. The van der Waals surface area contributed by atoms with Gasteiger partial charge in [0, 0.05) is 5.39 Å². The van der Waals surface area contributed by atoms with E-state index in [4.69, 9.17) is 0 Å².